The fourth-order valence-electron chi connectivity index (χ4n) is 8.07. The van der Waals surface area contributed by atoms with Gasteiger partial charge in [0.15, 0.2) is 17.5 Å². The minimum Gasteiger partial charge on any atom is -0.456 e. The van der Waals surface area contributed by atoms with Gasteiger partial charge in [0.1, 0.15) is 11.2 Å². The van der Waals surface area contributed by atoms with Crippen LogP contribution in [0.3, 0.4) is 0 Å². The molecule has 256 valence electrons. The van der Waals surface area contributed by atoms with Crippen molar-refractivity contribution in [2.75, 3.05) is 0 Å². The summed E-state index contributed by atoms with van der Waals surface area (Å²) >= 11 is 0. The number of hydrogen-bond acceptors (Lipinski definition) is 4. The van der Waals surface area contributed by atoms with Gasteiger partial charge in [0.05, 0.1) is 0 Å². The fourth-order valence-corrected chi connectivity index (χ4v) is 8.07. The first-order valence-electron chi connectivity index (χ1n) is 18.5. The first kappa shape index (κ1) is 31.1. The maximum Gasteiger partial charge on any atom is 0.165 e. The average Bonchev–Trinajstić information content (AvgIpc) is 3.65. The van der Waals surface area contributed by atoms with Crippen molar-refractivity contribution in [1.29, 1.82) is 0 Å². The smallest absolute Gasteiger partial charge is 0.165 e. The number of aromatic nitrogens is 3. The Morgan fingerprint density at radius 2 is 0.909 bits per heavy atom. The van der Waals surface area contributed by atoms with E-state index in [0.29, 0.717) is 17.5 Å². The van der Waals surface area contributed by atoms with Crippen LogP contribution in [0.4, 0.5) is 0 Å². The lowest BCUT2D eigenvalue weighted by molar-refractivity contribution is 0.669. The molecule has 0 bridgehead atoms. The van der Waals surface area contributed by atoms with Crippen LogP contribution in [0.5, 0.6) is 0 Å². The molecule has 0 aliphatic rings. The molecule has 0 saturated heterocycles. The number of furan rings is 1. The molecule has 11 rings (SSSR count). The van der Waals surface area contributed by atoms with Gasteiger partial charge in [-0.25, -0.2) is 15.0 Å². The molecule has 0 amide bonds. The minimum absolute atomic E-state index is 0.588. The number of nitrogens with zero attached hydrogens (tertiary/aromatic N) is 3. The predicted octanol–water partition coefficient (Wildman–Crippen LogP) is 13.6. The molecule has 4 nitrogen and oxygen atoms in total. The van der Waals surface area contributed by atoms with E-state index in [0.717, 1.165) is 82.3 Å². The van der Waals surface area contributed by atoms with Crippen LogP contribution in [0.1, 0.15) is 0 Å². The SMILES string of the molecule is c1ccc(-c2ccc(-c3ccc4oc5ccccc5c4c3-c3nc(-c4ccc5ccccc5c4)nc(-c4cc5ccccc5c5ccccc45)n3)cc2)cc1. The molecular weight excluding hydrogens is 671 g/mol. The number of fused-ring (bicyclic) bond motifs is 7. The lowest BCUT2D eigenvalue weighted by Crippen LogP contribution is -2.02. The van der Waals surface area contributed by atoms with Gasteiger partial charge < -0.3 is 4.42 Å². The number of rotatable bonds is 5. The first-order chi connectivity index (χ1) is 27.2. The lowest BCUT2D eigenvalue weighted by atomic mass is 9.93. The van der Waals surface area contributed by atoms with E-state index in [2.05, 4.69) is 170 Å². The summed E-state index contributed by atoms with van der Waals surface area (Å²) in [5.41, 5.74) is 8.80. The zero-order valence-corrected chi connectivity index (χ0v) is 29.6. The van der Waals surface area contributed by atoms with Crippen LogP contribution < -0.4 is 0 Å². The van der Waals surface area contributed by atoms with Crippen LogP contribution in [0.25, 0.3) is 111 Å². The number of hydrogen-bond donors (Lipinski definition) is 0. The molecule has 2 heterocycles. The predicted molar refractivity (Wildman–Crippen MR) is 227 cm³/mol. The summed E-state index contributed by atoms with van der Waals surface area (Å²) in [5.74, 6) is 1.81. The van der Waals surface area contributed by atoms with Gasteiger partial charge in [-0.2, -0.15) is 0 Å². The number of para-hydroxylation sites is 1. The van der Waals surface area contributed by atoms with E-state index in [1.165, 1.54) is 10.9 Å². The Balaban J connectivity index is 1.22. The quantitative estimate of drug-likeness (QED) is 0.168. The molecule has 0 spiro atoms. The molecule has 0 radical (unpaired) electrons. The van der Waals surface area contributed by atoms with Gasteiger partial charge >= 0.3 is 0 Å². The third kappa shape index (κ3) is 5.26. The summed E-state index contributed by atoms with van der Waals surface area (Å²) in [5, 5.41) is 8.86. The lowest BCUT2D eigenvalue weighted by Gasteiger charge is -2.15. The zero-order valence-electron chi connectivity index (χ0n) is 29.6. The summed E-state index contributed by atoms with van der Waals surface area (Å²) in [6.07, 6.45) is 0. The highest BCUT2D eigenvalue weighted by Crippen LogP contribution is 2.43. The Labute approximate surface area is 317 Å². The third-order valence-electron chi connectivity index (χ3n) is 10.7. The van der Waals surface area contributed by atoms with Crippen LogP contribution in [-0.2, 0) is 0 Å². The fraction of sp³-hybridized carbons (Fsp3) is 0. The molecule has 0 fully saturated rings. The second-order valence-corrected chi connectivity index (χ2v) is 14.0. The third-order valence-corrected chi connectivity index (χ3v) is 10.7. The molecule has 9 aromatic carbocycles. The van der Waals surface area contributed by atoms with Crippen molar-refractivity contribution in [3.8, 4) is 56.4 Å². The van der Waals surface area contributed by atoms with Crippen molar-refractivity contribution in [2.45, 2.75) is 0 Å². The highest BCUT2D eigenvalue weighted by molar-refractivity contribution is 6.16. The monoisotopic (exact) mass is 701 g/mol. The summed E-state index contributed by atoms with van der Waals surface area (Å²) < 4.78 is 6.50. The van der Waals surface area contributed by atoms with Crippen molar-refractivity contribution in [2.24, 2.45) is 0 Å². The molecule has 11 aromatic rings. The Morgan fingerprint density at radius 3 is 1.75 bits per heavy atom. The highest BCUT2D eigenvalue weighted by Gasteiger charge is 2.23. The van der Waals surface area contributed by atoms with Crippen LogP contribution in [0.2, 0.25) is 0 Å². The standard InChI is InChI=1S/C51H31N3O/c1-2-12-32(13-3-1)34-22-25-35(26-23-34)40-28-29-46-47(43-20-10-11-21-45(43)55-46)48(40)51-53-49(38-27-24-33-14-4-5-15-36(33)30-38)52-50(54-51)44-31-37-16-6-7-17-39(37)41-18-8-9-19-42(41)44/h1-31H. The summed E-state index contributed by atoms with van der Waals surface area (Å²) in [6, 6.07) is 65.8. The van der Waals surface area contributed by atoms with Gasteiger partial charge in [0.25, 0.3) is 0 Å². The molecule has 0 aliphatic heterocycles. The molecule has 55 heavy (non-hydrogen) atoms. The summed E-state index contributed by atoms with van der Waals surface area (Å²) in [6.45, 7) is 0. The van der Waals surface area contributed by atoms with E-state index in [-0.39, 0.29) is 0 Å². The van der Waals surface area contributed by atoms with Crippen molar-refractivity contribution in [3.05, 3.63) is 188 Å². The van der Waals surface area contributed by atoms with Crippen molar-refractivity contribution < 1.29 is 4.42 Å². The van der Waals surface area contributed by atoms with E-state index < -0.39 is 0 Å². The van der Waals surface area contributed by atoms with Gasteiger partial charge in [-0.15, -0.1) is 0 Å². The van der Waals surface area contributed by atoms with Crippen LogP contribution in [0.15, 0.2) is 192 Å². The summed E-state index contributed by atoms with van der Waals surface area (Å²) in [4.78, 5) is 16.1. The summed E-state index contributed by atoms with van der Waals surface area (Å²) in [7, 11) is 0. The van der Waals surface area contributed by atoms with Gasteiger partial charge in [0.2, 0.25) is 0 Å². The molecule has 0 aliphatic carbocycles. The molecule has 0 unspecified atom stereocenters. The van der Waals surface area contributed by atoms with E-state index in [1.54, 1.807) is 0 Å². The molecule has 2 aromatic heterocycles. The molecular formula is C51H31N3O. The normalized spacial score (nSPS) is 11.6. The Hall–Kier alpha value is -7.43. The van der Waals surface area contributed by atoms with Crippen molar-refractivity contribution >= 4 is 54.3 Å². The minimum atomic E-state index is 0.588. The molecule has 0 saturated carbocycles. The van der Waals surface area contributed by atoms with Gasteiger partial charge in [-0.05, 0) is 84.9 Å². The van der Waals surface area contributed by atoms with E-state index in [4.69, 9.17) is 19.4 Å². The van der Waals surface area contributed by atoms with E-state index in [1.807, 2.05) is 18.2 Å². The molecule has 0 N–H and O–H groups in total. The van der Waals surface area contributed by atoms with Gasteiger partial charge in [-0.1, -0.05) is 158 Å². The Kier molecular flexibility index (Phi) is 7.14. The molecule has 4 heteroatoms. The van der Waals surface area contributed by atoms with E-state index >= 15 is 0 Å². The van der Waals surface area contributed by atoms with Crippen LogP contribution >= 0.6 is 0 Å². The van der Waals surface area contributed by atoms with Crippen molar-refractivity contribution in [3.63, 3.8) is 0 Å². The second kappa shape index (κ2) is 12.6. The van der Waals surface area contributed by atoms with Gasteiger partial charge in [-0.3, -0.25) is 0 Å². The van der Waals surface area contributed by atoms with Crippen LogP contribution in [-0.4, -0.2) is 15.0 Å². The highest BCUT2D eigenvalue weighted by atomic mass is 16.3. The topological polar surface area (TPSA) is 51.8 Å². The average molecular weight is 702 g/mol. The van der Waals surface area contributed by atoms with E-state index in [9.17, 15) is 0 Å². The Morgan fingerprint density at radius 1 is 0.309 bits per heavy atom. The first-order valence-corrected chi connectivity index (χ1v) is 18.5. The number of benzene rings is 9. The van der Waals surface area contributed by atoms with Crippen molar-refractivity contribution in [1.82, 2.24) is 15.0 Å². The maximum atomic E-state index is 6.50. The van der Waals surface area contributed by atoms with Gasteiger partial charge in [0, 0.05) is 27.5 Å². The largest absolute Gasteiger partial charge is 0.456 e. The maximum absolute atomic E-state index is 6.50. The zero-order chi connectivity index (χ0) is 36.3. The molecule has 0 atom stereocenters. The Bertz CT molecular complexity index is 3260. The van der Waals surface area contributed by atoms with Crippen LogP contribution in [0, 0.1) is 0 Å². The second-order valence-electron chi connectivity index (χ2n) is 14.0.